The molecule has 23 heavy (non-hydrogen) atoms. The molecule has 0 amide bonds. The van der Waals surface area contributed by atoms with Gasteiger partial charge in [0.05, 0.1) is 5.52 Å². The molecule has 0 radical (unpaired) electrons. The Labute approximate surface area is 137 Å². The Hall–Kier alpha value is -1.64. The Bertz CT molecular complexity index is 647. The molecule has 0 atom stereocenters. The molecule has 1 fully saturated rings. The van der Waals surface area contributed by atoms with Gasteiger partial charge in [-0.25, -0.2) is 9.97 Å². The Kier molecular flexibility index (Phi) is 6.55. The number of fused-ring (bicyclic) bond motifs is 1. The summed E-state index contributed by atoms with van der Waals surface area (Å²) in [7, 11) is 0. The van der Waals surface area contributed by atoms with Gasteiger partial charge >= 0.3 is 6.18 Å². The van der Waals surface area contributed by atoms with Gasteiger partial charge in [0, 0.05) is 17.6 Å². The van der Waals surface area contributed by atoms with Crippen LogP contribution in [0.2, 0.25) is 0 Å². The first-order valence-corrected chi connectivity index (χ1v) is 6.84. The van der Waals surface area contributed by atoms with Crippen molar-refractivity contribution in [3.05, 3.63) is 30.1 Å². The summed E-state index contributed by atoms with van der Waals surface area (Å²) in [6.07, 6.45) is -1.02. The molecule has 9 heteroatoms. The highest BCUT2D eigenvalue weighted by Crippen LogP contribution is 2.30. The van der Waals surface area contributed by atoms with E-state index in [0.29, 0.717) is 16.7 Å². The predicted octanol–water partition coefficient (Wildman–Crippen LogP) is 2.41. The monoisotopic (exact) mass is 350 g/mol. The zero-order chi connectivity index (χ0) is 14.9. The molecule has 1 saturated heterocycles. The molecule has 0 bridgehead atoms. The molecule has 0 saturated carbocycles. The maximum Gasteiger partial charge on any atom is 0.433 e. The van der Waals surface area contributed by atoms with E-state index >= 15 is 0 Å². The molecule has 4 N–H and O–H groups in total. The summed E-state index contributed by atoms with van der Waals surface area (Å²) in [6, 6.07) is 4.21. The van der Waals surface area contributed by atoms with Crippen molar-refractivity contribution in [2.45, 2.75) is 25.1 Å². The van der Waals surface area contributed by atoms with E-state index in [1.165, 1.54) is 18.3 Å². The third-order valence-electron chi connectivity index (χ3n) is 3.59. The quantitative estimate of drug-likeness (QED) is 0.871. The van der Waals surface area contributed by atoms with E-state index in [1.54, 1.807) is 0 Å². The van der Waals surface area contributed by atoms with Crippen molar-refractivity contribution in [2.75, 3.05) is 18.4 Å². The van der Waals surface area contributed by atoms with Crippen molar-refractivity contribution in [3.8, 4) is 0 Å². The van der Waals surface area contributed by atoms with Crippen molar-refractivity contribution >= 4 is 29.1 Å². The number of anilines is 1. The number of halogens is 4. The first kappa shape index (κ1) is 19.4. The van der Waals surface area contributed by atoms with Crippen LogP contribution in [0, 0.1) is 0 Å². The fraction of sp³-hybridized carbons (Fsp3) is 0.429. The number of piperidine rings is 1. The largest absolute Gasteiger partial charge is 0.433 e. The lowest BCUT2D eigenvalue weighted by Crippen LogP contribution is -2.35. The highest BCUT2D eigenvalue weighted by Gasteiger charge is 2.32. The second-order valence-corrected chi connectivity index (χ2v) is 5.09. The summed E-state index contributed by atoms with van der Waals surface area (Å²) in [5.74, 6) is 0.598. The van der Waals surface area contributed by atoms with Gasteiger partial charge in [-0.2, -0.15) is 13.2 Å². The molecule has 0 unspecified atom stereocenters. The van der Waals surface area contributed by atoms with Gasteiger partial charge in [-0.15, -0.1) is 12.4 Å². The molecule has 5 nitrogen and oxygen atoms in total. The Morgan fingerprint density at radius 3 is 2.48 bits per heavy atom. The van der Waals surface area contributed by atoms with E-state index in [2.05, 4.69) is 20.6 Å². The highest BCUT2D eigenvalue weighted by atomic mass is 35.5. The molecule has 0 aliphatic carbocycles. The number of rotatable bonds is 2. The number of nitrogens with zero attached hydrogens (tertiary/aromatic N) is 2. The number of alkyl halides is 3. The second kappa shape index (κ2) is 7.76. The van der Waals surface area contributed by atoms with Gasteiger partial charge in [0.1, 0.15) is 11.5 Å². The van der Waals surface area contributed by atoms with Crippen molar-refractivity contribution in [2.24, 2.45) is 0 Å². The van der Waals surface area contributed by atoms with E-state index in [-0.39, 0.29) is 23.9 Å². The third-order valence-corrected chi connectivity index (χ3v) is 3.59. The lowest BCUT2D eigenvalue weighted by atomic mass is 10.1. The lowest BCUT2D eigenvalue weighted by Gasteiger charge is -2.24. The van der Waals surface area contributed by atoms with Crippen LogP contribution in [-0.4, -0.2) is 34.6 Å². The zero-order valence-electron chi connectivity index (χ0n) is 12.2. The number of aromatic nitrogens is 2. The maximum absolute atomic E-state index is 12.7. The highest BCUT2D eigenvalue weighted by molar-refractivity contribution is 5.89. The van der Waals surface area contributed by atoms with Gasteiger partial charge in [-0.1, -0.05) is 0 Å². The van der Waals surface area contributed by atoms with Crippen molar-refractivity contribution in [1.29, 1.82) is 0 Å². The maximum atomic E-state index is 12.7. The molecule has 3 heterocycles. The van der Waals surface area contributed by atoms with Gasteiger partial charge in [0.2, 0.25) is 0 Å². The number of nitrogens with one attached hydrogen (secondary N) is 2. The SMILES string of the molecule is Cl.FC(F)(F)c1ccc2c(NC3CCNCC3)nccc2n1.O. The third kappa shape index (κ3) is 4.43. The topological polar surface area (TPSA) is 81.3 Å². The number of pyridine rings is 2. The van der Waals surface area contributed by atoms with Gasteiger partial charge in [-0.05, 0) is 44.1 Å². The van der Waals surface area contributed by atoms with Crippen LogP contribution in [0.3, 0.4) is 0 Å². The standard InChI is InChI=1S/C14H15F3N4.ClH.H2O/c15-14(16,17)12-2-1-10-11(21-12)5-8-19-13(10)20-9-3-6-18-7-4-9;;/h1-2,5,8-9,18H,3-4,6-7H2,(H,19,20);1H;1H2. The van der Waals surface area contributed by atoms with E-state index in [9.17, 15) is 13.2 Å². The molecule has 2 aromatic heterocycles. The minimum Gasteiger partial charge on any atom is -0.412 e. The average molecular weight is 351 g/mol. The molecular formula is C14H18ClF3N4O. The number of hydrogen-bond acceptors (Lipinski definition) is 4. The normalized spacial score (nSPS) is 15.6. The van der Waals surface area contributed by atoms with Crippen LogP contribution in [0.4, 0.5) is 19.0 Å². The first-order chi connectivity index (χ1) is 10.0. The molecule has 3 rings (SSSR count). The fourth-order valence-corrected chi connectivity index (χ4v) is 2.49. The molecule has 1 aliphatic heterocycles. The van der Waals surface area contributed by atoms with E-state index in [4.69, 9.17) is 0 Å². The zero-order valence-corrected chi connectivity index (χ0v) is 13.0. The van der Waals surface area contributed by atoms with Crippen molar-refractivity contribution < 1.29 is 18.6 Å². The van der Waals surface area contributed by atoms with Crippen LogP contribution in [0.1, 0.15) is 18.5 Å². The summed E-state index contributed by atoms with van der Waals surface area (Å²) in [6.45, 7) is 1.86. The van der Waals surface area contributed by atoms with Gasteiger partial charge in [-0.3, -0.25) is 0 Å². The van der Waals surface area contributed by atoms with Crippen LogP contribution >= 0.6 is 12.4 Å². The molecule has 0 spiro atoms. The van der Waals surface area contributed by atoms with Crippen LogP contribution in [-0.2, 0) is 6.18 Å². The molecule has 1 aliphatic rings. The summed E-state index contributed by atoms with van der Waals surface area (Å²) < 4.78 is 38.1. The molecule has 128 valence electrons. The minimum absolute atomic E-state index is 0. The van der Waals surface area contributed by atoms with Crippen LogP contribution in [0.25, 0.3) is 10.9 Å². The van der Waals surface area contributed by atoms with Gasteiger partial charge in [0.15, 0.2) is 0 Å². The average Bonchev–Trinajstić information content (AvgIpc) is 2.47. The lowest BCUT2D eigenvalue weighted by molar-refractivity contribution is -0.140. The molecule has 2 aromatic rings. The summed E-state index contributed by atoms with van der Waals surface area (Å²) in [5, 5.41) is 7.19. The summed E-state index contributed by atoms with van der Waals surface area (Å²) >= 11 is 0. The van der Waals surface area contributed by atoms with Crippen LogP contribution < -0.4 is 10.6 Å². The van der Waals surface area contributed by atoms with Crippen LogP contribution in [0.15, 0.2) is 24.4 Å². The Morgan fingerprint density at radius 2 is 1.83 bits per heavy atom. The molecule has 0 aromatic carbocycles. The van der Waals surface area contributed by atoms with Crippen molar-refractivity contribution in [1.82, 2.24) is 15.3 Å². The van der Waals surface area contributed by atoms with Gasteiger partial charge in [0.25, 0.3) is 0 Å². The van der Waals surface area contributed by atoms with Crippen molar-refractivity contribution in [3.63, 3.8) is 0 Å². The number of hydrogen-bond donors (Lipinski definition) is 2. The fourth-order valence-electron chi connectivity index (χ4n) is 2.49. The van der Waals surface area contributed by atoms with Crippen LogP contribution in [0.5, 0.6) is 0 Å². The summed E-state index contributed by atoms with van der Waals surface area (Å²) in [4.78, 5) is 7.92. The smallest absolute Gasteiger partial charge is 0.412 e. The van der Waals surface area contributed by atoms with E-state index < -0.39 is 11.9 Å². The first-order valence-electron chi connectivity index (χ1n) is 6.84. The van der Waals surface area contributed by atoms with E-state index in [1.807, 2.05) is 0 Å². The minimum atomic E-state index is -4.43. The van der Waals surface area contributed by atoms with E-state index in [0.717, 1.165) is 32.0 Å². The Morgan fingerprint density at radius 1 is 1.13 bits per heavy atom. The second-order valence-electron chi connectivity index (χ2n) is 5.09. The molecular weight excluding hydrogens is 333 g/mol. The predicted molar refractivity (Wildman–Crippen MR) is 84.9 cm³/mol. The van der Waals surface area contributed by atoms with Gasteiger partial charge < -0.3 is 16.1 Å². The Balaban J connectivity index is 0.00000132. The summed E-state index contributed by atoms with van der Waals surface area (Å²) in [5.41, 5.74) is -0.578.